The summed E-state index contributed by atoms with van der Waals surface area (Å²) in [6, 6.07) is 0.560. The minimum Gasteiger partial charge on any atom is -0.359 e. The van der Waals surface area contributed by atoms with Gasteiger partial charge in [-0.3, -0.25) is 4.90 Å². The molecule has 2 heterocycles. The second kappa shape index (κ2) is 5.15. The molecule has 1 saturated heterocycles. The Bertz CT molecular complexity index is 320. The lowest BCUT2D eigenvalue weighted by Crippen LogP contribution is -2.39. The molecule has 80 valence electrons. The second-order valence-corrected chi connectivity index (χ2v) is 4.63. The van der Waals surface area contributed by atoms with E-state index in [0.717, 1.165) is 37.6 Å². The molecule has 15 heavy (non-hydrogen) atoms. The van der Waals surface area contributed by atoms with E-state index in [-0.39, 0.29) is 0 Å². The fraction of sp³-hybridized carbons (Fsp3) is 0.545. The van der Waals surface area contributed by atoms with E-state index in [1.165, 1.54) is 0 Å². The maximum atomic E-state index is 5.29. The molecule has 1 aromatic heterocycles. The summed E-state index contributed by atoms with van der Waals surface area (Å²) in [5, 5.41) is 6.48. The molecule has 2 rings (SSSR count). The van der Waals surface area contributed by atoms with Gasteiger partial charge in [0, 0.05) is 30.7 Å². The lowest BCUT2D eigenvalue weighted by molar-refractivity contribution is 0.243. The maximum Gasteiger partial charge on any atom is 0.182 e. The van der Waals surface area contributed by atoms with Gasteiger partial charge in [0.05, 0.1) is 6.54 Å². The van der Waals surface area contributed by atoms with Gasteiger partial charge in [-0.05, 0) is 12.8 Å². The van der Waals surface area contributed by atoms with E-state index in [0.29, 0.717) is 6.04 Å². The van der Waals surface area contributed by atoms with Crippen LogP contribution in [0.2, 0.25) is 0 Å². The van der Waals surface area contributed by atoms with E-state index in [2.05, 4.69) is 21.1 Å². The molecule has 1 N–H and O–H groups in total. The normalized spacial score (nSPS) is 18.6. The van der Waals surface area contributed by atoms with E-state index in [9.17, 15) is 0 Å². The van der Waals surface area contributed by atoms with Crippen LogP contribution in [0.3, 0.4) is 0 Å². The Hall–Kier alpha value is -1.05. The molecule has 0 saturated carbocycles. The molecule has 1 aromatic rings. The Morgan fingerprint density at radius 1 is 1.60 bits per heavy atom. The average Bonchev–Trinajstić information content (AvgIpc) is 2.74. The van der Waals surface area contributed by atoms with Crippen LogP contribution in [0.5, 0.6) is 0 Å². The topological polar surface area (TPSA) is 28.2 Å². The molecule has 4 heteroatoms. The van der Waals surface area contributed by atoms with Crippen molar-refractivity contribution in [1.82, 2.24) is 9.88 Å². The first-order chi connectivity index (χ1) is 7.38. The summed E-state index contributed by atoms with van der Waals surface area (Å²) in [6.45, 7) is 2.96. The minimum atomic E-state index is 0.560. The number of aromatic nitrogens is 1. The highest BCUT2D eigenvalue weighted by atomic mass is 32.1. The Kier molecular flexibility index (Phi) is 3.59. The summed E-state index contributed by atoms with van der Waals surface area (Å²) in [4.78, 5) is 6.55. The monoisotopic (exact) mass is 221 g/mol. The number of hydrogen-bond acceptors (Lipinski definition) is 4. The highest BCUT2D eigenvalue weighted by Crippen LogP contribution is 2.17. The third kappa shape index (κ3) is 2.95. The molecule has 0 bridgehead atoms. The largest absolute Gasteiger partial charge is 0.359 e. The molecule has 0 atom stereocenters. The van der Waals surface area contributed by atoms with Crippen molar-refractivity contribution in [2.75, 3.05) is 25.0 Å². The van der Waals surface area contributed by atoms with Crippen molar-refractivity contribution in [2.24, 2.45) is 0 Å². The number of anilines is 1. The summed E-state index contributed by atoms with van der Waals surface area (Å²) in [5.74, 6) is 2.69. The maximum absolute atomic E-state index is 5.29. The van der Waals surface area contributed by atoms with Crippen LogP contribution >= 0.6 is 11.3 Å². The SMILES string of the molecule is C#CCN1CCC(Nc2nccs2)CC1. The number of likely N-dealkylation sites (tertiary alicyclic amines) is 1. The van der Waals surface area contributed by atoms with E-state index in [1.807, 2.05) is 11.6 Å². The number of nitrogens with zero attached hydrogens (tertiary/aromatic N) is 2. The third-order valence-electron chi connectivity index (χ3n) is 2.66. The van der Waals surface area contributed by atoms with E-state index >= 15 is 0 Å². The number of hydrogen-bond donors (Lipinski definition) is 1. The number of thiazole rings is 1. The van der Waals surface area contributed by atoms with Gasteiger partial charge in [-0.1, -0.05) is 5.92 Å². The van der Waals surface area contributed by atoms with Gasteiger partial charge in [0.15, 0.2) is 5.13 Å². The van der Waals surface area contributed by atoms with Crippen molar-refractivity contribution in [3.05, 3.63) is 11.6 Å². The molecule has 0 aliphatic carbocycles. The fourth-order valence-electron chi connectivity index (χ4n) is 1.83. The second-order valence-electron chi connectivity index (χ2n) is 3.74. The van der Waals surface area contributed by atoms with Crippen molar-refractivity contribution < 1.29 is 0 Å². The Morgan fingerprint density at radius 2 is 2.40 bits per heavy atom. The molecule has 0 spiro atoms. The lowest BCUT2D eigenvalue weighted by atomic mass is 10.1. The van der Waals surface area contributed by atoms with Crippen molar-refractivity contribution in [2.45, 2.75) is 18.9 Å². The fourth-order valence-corrected chi connectivity index (χ4v) is 2.44. The predicted molar refractivity (Wildman–Crippen MR) is 64.0 cm³/mol. The molecule has 0 radical (unpaired) electrons. The zero-order valence-electron chi connectivity index (χ0n) is 8.65. The van der Waals surface area contributed by atoms with Gasteiger partial charge in [-0.15, -0.1) is 17.8 Å². The van der Waals surface area contributed by atoms with Gasteiger partial charge in [0.2, 0.25) is 0 Å². The summed E-state index contributed by atoms with van der Waals surface area (Å²) < 4.78 is 0. The first kappa shape index (κ1) is 10.5. The predicted octanol–water partition coefficient (Wildman–Crippen LogP) is 1.65. The quantitative estimate of drug-likeness (QED) is 0.787. The first-order valence-electron chi connectivity index (χ1n) is 5.20. The highest BCUT2D eigenvalue weighted by molar-refractivity contribution is 7.13. The van der Waals surface area contributed by atoms with Crippen molar-refractivity contribution in [3.8, 4) is 12.3 Å². The summed E-state index contributed by atoms with van der Waals surface area (Å²) in [7, 11) is 0. The van der Waals surface area contributed by atoms with Crippen molar-refractivity contribution >= 4 is 16.5 Å². The zero-order valence-corrected chi connectivity index (χ0v) is 9.46. The molecule has 1 fully saturated rings. The minimum absolute atomic E-state index is 0.560. The molecule has 0 aromatic carbocycles. The number of piperidine rings is 1. The van der Waals surface area contributed by atoms with E-state index < -0.39 is 0 Å². The molecule has 0 amide bonds. The van der Waals surface area contributed by atoms with Crippen LogP contribution in [0, 0.1) is 12.3 Å². The average molecular weight is 221 g/mol. The smallest absolute Gasteiger partial charge is 0.182 e. The molecule has 0 unspecified atom stereocenters. The lowest BCUT2D eigenvalue weighted by Gasteiger charge is -2.30. The van der Waals surface area contributed by atoms with E-state index in [1.54, 1.807) is 11.3 Å². The van der Waals surface area contributed by atoms with E-state index in [4.69, 9.17) is 6.42 Å². The molecule has 1 aliphatic heterocycles. The number of nitrogens with one attached hydrogen (secondary N) is 1. The molecule has 3 nitrogen and oxygen atoms in total. The van der Waals surface area contributed by atoms with Gasteiger partial charge in [-0.25, -0.2) is 4.98 Å². The highest BCUT2D eigenvalue weighted by Gasteiger charge is 2.18. The molecule has 1 aliphatic rings. The Labute approximate surface area is 94.5 Å². The van der Waals surface area contributed by atoms with Crippen LogP contribution in [0.25, 0.3) is 0 Å². The van der Waals surface area contributed by atoms with Crippen LogP contribution < -0.4 is 5.32 Å². The van der Waals surface area contributed by atoms with Crippen molar-refractivity contribution in [1.29, 1.82) is 0 Å². The van der Waals surface area contributed by atoms with Gasteiger partial charge >= 0.3 is 0 Å². The van der Waals surface area contributed by atoms with Crippen molar-refractivity contribution in [3.63, 3.8) is 0 Å². The standard InChI is InChI=1S/C11H15N3S/c1-2-6-14-7-3-10(4-8-14)13-11-12-5-9-15-11/h1,5,9-10H,3-4,6-8H2,(H,12,13). The number of rotatable bonds is 3. The Morgan fingerprint density at radius 3 is 3.00 bits per heavy atom. The summed E-state index contributed by atoms with van der Waals surface area (Å²) in [6.07, 6.45) is 9.43. The van der Waals surface area contributed by atoms with Gasteiger partial charge in [0.1, 0.15) is 0 Å². The summed E-state index contributed by atoms with van der Waals surface area (Å²) in [5.41, 5.74) is 0. The van der Waals surface area contributed by atoms with Crippen LogP contribution in [-0.4, -0.2) is 35.6 Å². The van der Waals surface area contributed by atoms with Crippen LogP contribution in [0.1, 0.15) is 12.8 Å². The molecular weight excluding hydrogens is 206 g/mol. The summed E-state index contributed by atoms with van der Waals surface area (Å²) >= 11 is 1.66. The number of terminal acetylenes is 1. The van der Waals surface area contributed by atoms with Crippen LogP contribution in [0.4, 0.5) is 5.13 Å². The molecular formula is C11H15N3S. The zero-order chi connectivity index (χ0) is 10.5. The van der Waals surface area contributed by atoms with Crippen LogP contribution in [-0.2, 0) is 0 Å². The Balaban J connectivity index is 1.77. The van der Waals surface area contributed by atoms with Gasteiger partial charge in [-0.2, -0.15) is 0 Å². The van der Waals surface area contributed by atoms with Gasteiger partial charge in [0.25, 0.3) is 0 Å². The van der Waals surface area contributed by atoms with Gasteiger partial charge < -0.3 is 5.32 Å². The third-order valence-corrected chi connectivity index (χ3v) is 3.37. The van der Waals surface area contributed by atoms with Crippen LogP contribution in [0.15, 0.2) is 11.6 Å². The first-order valence-corrected chi connectivity index (χ1v) is 6.08.